The van der Waals surface area contributed by atoms with Gasteiger partial charge in [-0.1, -0.05) is 0 Å². The largest absolute Gasteiger partial charge is 0.481 e. The molecule has 1 N–H and O–H groups in total. The van der Waals surface area contributed by atoms with Crippen molar-refractivity contribution in [2.45, 2.75) is 6.92 Å². The minimum atomic E-state index is -0.833. The number of carboxylic acid groups (broad SMARTS) is 1. The van der Waals surface area contributed by atoms with Gasteiger partial charge in [0, 0.05) is 57.0 Å². The predicted molar refractivity (Wildman–Crippen MR) is 13.3 cm³/mol. The first-order valence-corrected chi connectivity index (χ1v) is 0.928. The third-order valence-electron chi connectivity index (χ3n) is 0. The average molecular weight is 232 g/mol. The van der Waals surface area contributed by atoms with Gasteiger partial charge < -0.3 is 5.11 Å². The maximum absolute atomic E-state index is 9.00. The van der Waals surface area contributed by atoms with Crippen molar-refractivity contribution in [2.75, 3.05) is 0 Å². The Bertz CT molecular complexity index is 36.7. The number of hydrogen-bond acceptors (Lipinski definition) is 1. The van der Waals surface area contributed by atoms with Crippen molar-refractivity contribution in [2.24, 2.45) is 0 Å². The van der Waals surface area contributed by atoms with Crippen LogP contribution >= 0.6 is 0 Å². The molecule has 0 aliphatic heterocycles. The summed E-state index contributed by atoms with van der Waals surface area (Å²) in [5, 5.41) is 7.42. The molecular formula is C2H4MnNi2O2. The van der Waals surface area contributed by atoms with Gasteiger partial charge in [-0.15, -0.1) is 0 Å². The molecule has 0 saturated heterocycles. The van der Waals surface area contributed by atoms with Gasteiger partial charge in [0.2, 0.25) is 0 Å². The zero-order chi connectivity index (χ0) is 3.58. The summed E-state index contributed by atoms with van der Waals surface area (Å²) in [7, 11) is 0. The molecule has 0 fully saturated rings. The Morgan fingerprint density at radius 3 is 1.43 bits per heavy atom. The molecule has 0 saturated carbocycles. The van der Waals surface area contributed by atoms with Gasteiger partial charge >= 0.3 is 0 Å². The Kier molecular flexibility index (Phi) is 55.3. The molecule has 0 amide bonds. The second-order valence-corrected chi connectivity index (χ2v) is 0.519. The van der Waals surface area contributed by atoms with Crippen molar-refractivity contribution in [3.63, 3.8) is 0 Å². The predicted octanol–water partition coefficient (Wildman–Crippen LogP) is 0.0834. The van der Waals surface area contributed by atoms with Crippen LogP contribution in [0.2, 0.25) is 0 Å². The van der Waals surface area contributed by atoms with E-state index >= 15 is 0 Å². The van der Waals surface area contributed by atoms with Crippen LogP contribution in [-0.4, -0.2) is 11.1 Å². The van der Waals surface area contributed by atoms with Crippen LogP contribution in [-0.2, 0) is 54.8 Å². The first-order valence-electron chi connectivity index (χ1n) is 0.928. The summed E-state index contributed by atoms with van der Waals surface area (Å²) < 4.78 is 0. The molecule has 1 radical (unpaired) electrons. The standard InChI is InChI=1S/C2H4O2.Mn.2Ni/c1-2(3)4;;;/h1H3,(H,3,4);;;. The molecule has 0 unspecified atom stereocenters. The van der Waals surface area contributed by atoms with Crippen LogP contribution in [0, 0.1) is 0 Å². The third kappa shape index (κ3) is 181. The summed E-state index contributed by atoms with van der Waals surface area (Å²) in [6.07, 6.45) is 0. The molecule has 0 spiro atoms. The molecule has 0 aliphatic carbocycles. The Morgan fingerprint density at radius 2 is 1.43 bits per heavy atom. The fourth-order valence-electron chi connectivity index (χ4n) is 0. The molecule has 2 nitrogen and oxygen atoms in total. The van der Waals surface area contributed by atoms with E-state index in [-0.39, 0.29) is 50.1 Å². The van der Waals surface area contributed by atoms with E-state index in [4.69, 9.17) is 9.90 Å². The van der Waals surface area contributed by atoms with Crippen LogP contribution in [0.15, 0.2) is 0 Å². The molecule has 0 rings (SSSR count). The second kappa shape index (κ2) is 15.8. The maximum atomic E-state index is 9.00. The first-order chi connectivity index (χ1) is 1.73. The minimum absolute atomic E-state index is 0. The van der Waals surface area contributed by atoms with E-state index in [0.29, 0.717) is 0 Å². The van der Waals surface area contributed by atoms with Crippen LogP contribution in [0.1, 0.15) is 6.92 Å². The van der Waals surface area contributed by atoms with Crippen molar-refractivity contribution >= 4 is 5.97 Å². The number of rotatable bonds is 0. The Labute approximate surface area is 72.7 Å². The van der Waals surface area contributed by atoms with E-state index in [1.165, 1.54) is 0 Å². The van der Waals surface area contributed by atoms with Crippen molar-refractivity contribution < 1.29 is 60.0 Å². The van der Waals surface area contributed by atoms with Crippen LogP contribution in [0.5, 0.6) is 0 Å². The van der Waals surface area contributed by atoms with Crippen LogP contribution in [0.25, 0.3) is 0 Å². The summed E-state index contributed by atoms with van der Waals surface area (Å²) >= 11 is 0. The quantitative estimate of drug-likeness (QED) is 0.601. The van der Waals surface area contributed by atoms with Crippen LogP contribution in [0.4, 0.5) is 0 Å². The van der Waals surface area contributed by atoms with E-state index in [9.17, 15) is 0 Å². The Balaban J connectivity index is -0.0000000150. The molecule has 0 atom stereocenters. The maximum Gasteiger partial charge on any atom is 0.300 e. The summed E-state index contributed by atoms with van der Waals surface area (Å²) in [4.78, 5) is 9.00. The molecule has 5 heteroatoms. The van der Waals surface area contributed by atoms with Gasteiger partial charge in [0.05, 0.1) is 0 Å². The zero-order valence-electron chi connectivity index (χ0n) is 3.37. The SMILES string of the molecule is CC(=O)O.[Mn].[Ni].[Ni]. The second-order valence-electron chi connectivity index (χ2n) is 0.519. The average Bonchev–Trinajstić information content (AvgIpc) is 0.811. The van der Waals surface area contributed by atoms with Gasteiger partial charge in [-0.05, 0) is 0 Å². The van der Waals surface area contributed by atoms with Crippen molar-refractivity contribution in [3.05, 3.63) is 0 Å². The van der Waals surface area contributed by atoms with Gasteiger partial charge in [0.1, 0.15) is 0 Å². The summed E-state index contributed by atoms with van der Waals surface area (Å²) in [5.41, 5.74) is 0. The zero-order valence-corrected chi connectivity index (χ0v) is 6.52. The number of carbonyl (C=O) groups is 1. The molecular weight excluding hydrogens is 228 g/mol. The van der Waals surface area contributed by atoms with Gasteiger partial charge in [-0.2, -0.15) is 0 Å². The van der Waals surface area contributed by atoms with Gasteiger partial charge in [0.25, 0.3) is 5.97 Å². The minimum Gasteiger partial charge on any atom is -0.481 e. The third-order valence-corrected chi connectivity index (χ3v) is 0. The van der Waals surface area contributed by atoms with Crippen molar-refractivity contribution in [3.8, 4) is 0 Å². The molecule has 0 aromatic rings. The summed E-state index contributed by atoms with van der Waals surface area (Å²) in [6.45, 7) is 1.08. The molecule has 0 aromatic heterocycles. The van der Waals surface area contributed by atoms with Gasteiger partial charge in [0.15, 0.2) is 0 Å². The molecule has 51 valence electrons. The summed E-state index contributed by atoms with van der Waals surface area (Å²) in [5.74, 6) is -0.833. The number of carboxylic acids is 1. The number of aliphatic carboxylic acids is 1. The van der Waals surface area contributed by atoms with E-state index < -0.39 is 5.97 Å². The molecule has 0 aliphatic rings. The normalized spacial score (nSPS) is 3.57. The van der Waals surface area contributed by atoms with E-state index in [0.717, 1.165) is 6.92 Å². The van der Waals surface area contributed by atoms with Crippen molar-refractivity contribution in [1.82, 2.24) is 0 Å². The molecule has 7 heavy (non-hydrogen) atoms. The van der Waals surface area contributed by atoms with E-state index in [2.05, 4.69) is 0 Å². The summed E-state index contributed by atoms with van der Waals surface area (Å²) in [6, 6.07) is 0. The smallest absolute Gasteiger partial charge is 0.300 e. The van der Waals surface area contributed by atoms with Gasteiger partial charge in [-0.25, -0.2) is 0 Å². The monoisotopic (exact) mass is 231 g/mol. The number of hydrogen-bond donors (Lipinski definition) is 1. The molecule has 0 bridgehead atoms. The fraction of sp³-hybridized carbons (Fsp3) is 0.500. The first kappa shape index (κ1) is 24.6. The molecule has 0 aromatic carbocycles. The molecule has 0 heterocycles. The Hall–Kier alpha value is 0.976. The van der Waals surface area contributed by atoms with Crippen LogP contribution in [0.3, 0.4) is 0 Å². The van der Waals surface area contributed by atoms with Crippen molar-refractivity contribution in [1.29, 1.82) is 0 Å². The van der Waals surface area contributed by atoms with E-state index in [1.807, 2.05) is 0 Å². The van der Waals surface area contributed by atoms with Crippen LogP contribution < -0.4 is 0 Å². The van der Waals surface area contributed by atoms with Gasteiger partial charge in [-0.3, -0.25) is 4.79 Å². The Morgan fingerprint density at radius 1 is 1.43 bits per heavy atom. The topological polar surface area (TPSA) is 37.3 Å². The van der Waals surface area contributed by atoms with E-state index in [1.54, 1.807) is 0 Å². The fourth-order valence-corrected chi connectivity index (χ4v) is 0.